The molecule has 8 heteroatoms. The van der Waals surface area contributed by atoms with Gasteiger partial charge in [-0.3, -0.25) is 10.1 Å². The number of nitrogens with zero attached hydrogens (tertiary/aromatic N) is 3. The molecule has 0 saturated carbocycles. The monoisotopic (exact) mass is 397 g/mol. The van der Waals surface area contributed by atoms with Gasteiger partial charge in [0.15, 0.2) is 0 Å². The second kappa shape index (κ2) is 7.42. The summed E-state index contributed by atoms with van der Waals surface area (Å²) in [5.74, 6) is 0.352. The summed E-state index contributed by atoms with van der Waals surface area (Å²) in [7, 11) is 0. The van der Waals surface area contributed by atoms with Crippen LogP contribution in [0, 0.1) is 15.9 Å². The zero-order valence-electron chi connectivity index (χ0n) is 13.8. The van der Waals surface area contributed by atoms with Crippen molar-refractivity contribution in [3.63, 3.8) is 0 Å². The summed E-state index contributed by atoms with van der Waals surface area (Å²) >= 11 is 3.07. The molecule has 4 aromatic rings. The standard InChI is InChI=1S/C19H12FN3O2S2/c20-14-5-3-13(4-6-14)16-10-27-19-17(16)18(21-11-22-19)26-9-12-1-7-15(8-2-12)23(24)25/h1-8,10-11H,9H2. The van der Waals surface area contributed by atoms with Gasteiger partial charge in [0.25, 0.3) is 5.69 Å². The van der Waals surface area contributed by atoms with Crippen molar-refractivity contribution in [1.82, 2.24) is 9.97 Å². The van der Waals surface area contributed by atoms with Crippen LogP contribution in [-0.4, -0.2) is 14.9 Å². The van der Waals surface area contributed by atoms with Crippen molar-refractivity contribution in [2.24, 2.45) is 0 Å². The molecule has 0 amide bonds. The quantitative estimate of drug-likeness (QED) is 0.187. The highest BCUT2D eigenvalue weighted by Gasteiger charge is 2.14. The Balaban J connectivity index is 1.64. The van der Waals surface area contributed by atoms with Gasteiger partial charge in [0.1, 0.15) is 22.0 Å². The molecule has 134 valence electrons. The Bertz CT molecular complexity index is 1110. The number of hydrogen-bond acceptors (Lipinski definition) is 6. The van der Waals surface area contributed by atoms with Crippen LogP contribution in [0.15, 0.2) is 65.3 Å². The fraction of sp³-hybridized carbons (Fsp3) is 0.0526. The Hall–Kier alpha value is -2.84. The largest absolute Gasteiger partial charge is 0.269 e. The lowest BCUT2D eigenvalue weighted by molar-refractivity contribution is -0.384. The molecule has 4 rings (SSSR count). The molecular formula is C19H12FN3O2S2. The third kappa shape index (κ3) is 3.67. The van der Waals surface area contributed by atoms with Gasteiger partial charge in [-0.1, -0.05) is 24.3 Å². The van der Waals surface area contributed by atoms with E-state index in [1.54, 1.807) is 36.0 Å². The van der Waals surface area contributed by atoms with Gasteiger partial charge in [0.2, 0.25) is 0 Å². The van der Waals surface area contributed by atoms with Gasteiger partial charge >= 0.3 is 0 Å². The van der Waals surface area contributed by atoms with Gasteiger partial charge in [-0.05, 0) is 23.3 Å². The molecule has 0 aliphatic carbocycles. The Morgan fingerprint density at radius 1 is 1.07 bits per heavy atom. The maximum absolute atomic E-state index is 13.2. The van der Waals surface area contributed by atoms with E-state index in [0.29, 0.717) is 5.75 Å². The van der Waals surface area contributed by atoms with Gasteiger partial charge in [0.05, 0.1) is 10.3 Å². The number of nitro groups is 1. The van der Waals surface area contributed by atoms with E-state index in [-0.39, 0.29) is 11.5 Å². The number of nitro benzene ring substituents is 1. The first kappa shape index (κ1) is 17.6. The highest BCUT2D eigenvalue weighted by atomic mass is 32.2. The fourth-order valence-electron chi connectivity index (χ4n) is 2.66. The zero-order chi connectivity index (χ0) is 18.8. The van der Waals surface area contributed by atoms with Crippen LogP contribution < -0.4 is 0 Å². The van der Waals surface area contributed by atoms with Gasteiger partial charge in [-0.25, -0.2) is 14.4 Å². The molecule has 0 N–H and O–H groups in total. The predicted molar refractivity (Wildman–Crippen MR) is 105 cm³/mol. The number of thioether (sulfide) groups is 1. The summed E-state index contributed by atoms with van der Waals surface area (Å²) in [5.41, 5.74) is 2.93. The molecule has 0 aliphatic heterocycles. The Labute approximate surface area is 162 Å². The lowest BCUT2D eigenvalue weighted by Crippen LogP contribution is -1.89. The van der Waals surface area contributed by atoms with Gasteiger partial charge in [0, 0.05) is 28.8 Å². The third-order valence-electron chi connectivity index (χ3n) is 4.01. The molecule has 0 bridgehead atoms. The number of aromatic nitrogens is 2. The molecule has 0 atom stereocenters. The molecule has 0 saturated heterocycles. The summed E-state index contributed by atoms with van der Waals surface area (Å²) in [6.45, 7) is 0. The zero-order valence-corrected chi connectivity index (χ0v) is 15.5. The minimum atomic E-state index is -0.411. The summed E-state index contributed by atoms with van der Waals surface area (Å²) < 4.78 is 13.2. The van der Waals surface area contributed by atoms with Crippen LogP contribution >= 0.6 is 23.1 Å². The Morgan fingerprint density at radius 2 is 1.81 bits per heavy atom. The number of non-ortho nitro benzene ring substituents is 1. The normalized spacial score (nSPS) is 11.0. The van der Waals surface area contributed by atoms with Crippen LogP contribution in [0.3, 0.4) is 0 Å². The maximum Gasteiger partial charge on any atom is 0.269 e. The number of fused-ring (bicyclic) bond motifs is 1. The minimum absolute atomic E-state index is 0.0737. The molecule has 0 aliphatic rings. The van der Waals surface area contributed by atoms with E-state index in [9.17, 15) is 14.5 Å². The number of hydrogen-bond donors (Lipinski definition) is 0. The second-order valence-electron chi connectivity index (χ2n) is 5.73. The molecule has 0 fully saturated rings. The highest BCUT2D eigenvalue weighted by molar-refractivity contribution is 7.98. The van der Waals surface area contributed by atoms with E-state index in [1.165, 1.54) is 41.9 Å². The van der Waals surface area contributed by atoms with E-state index >= 15 is 0 Å². The SMILES string of the molecule is O=[N+]([O-])c1ccc(CSc2ncnc3scc(-c4ccc(F)cc4)c23)cc1. The van der Waals surface area contributed by atoms with E-state index in [1.807, 2.05) is 5.38 Å². The number of halogens is 1. The first-order chi connectivity index (χ1) is 13.1. The topological polar surface area (TPSA) is 68.9 Å². The summed E-state index contributed by atoms with van der Waals surface area (Å²) in [5, 5.41) is 14.5. The van der Waals surface area contributed by atoms with E-state index in [4.69, 9.17) is 0 Å². The first-order valence-electron chi connectivity index (χ1n) is 7.96. The van der Waals surface area contributed by atoms with Crippen LogP contribution in [0.25, 0.3) is 21.3 Å². The third-order valence-corrected chi connectivity index (χ3v) is 5.96. The number of rotatable bonds is 5. The van der Waals surface area contributed by atoms with E-state index < -0.39 is 4.92 Å². The van der Waals surface area contributed by atoms with Crippen molar-refractivity contribution < 1.29 is 9.31 Å². The first-order valence-corrected chi connectivity index (χ1v) is 9.82. The molecule has 0 unspecified atom stereocenters. The lowest BCUT2D eigenvalue weighted by atomic mass is 10.1. The Kier molecular flexibility index (Phi) is 4.83. The van der Waals surface area contributed by atoms with E-state index in [0.717, 1.165) is 31.9 Å². The van der Waals surface area contributed by atoms with Gasteiger partial charge < -0.3 is 0 Å². The van der Waals surface area contributed by atoms with Crippen molar-refractivity contribution >= 4 is 39.0 Å². The molecule has 2 aromatic carbocycles. The van der Waals surface area contributed by atoms with Crippen LogP contribution in [0.5, 0.6) is 0 Å². The van der Waals surface area contributed by atoms with Crippen molar-refractivity contribution in [1.29, 1.82) is 0 Å². The van der Waals surface area contributed by atoms with Gasteiger partial charge in [-0.15, -0.1) is 23.1 Å². The maximum atomic E-state index is 13.2. The molecule has 5 nitrogen and oxygen atoms in total. The summed E-state index contributed by atoms with van der Waals surface area (Å²) in [6, 6.07) is 12.9. The van der Waals surface area contributed by atoms with Crippen molar-refractivity contribution in [2.75, 3.05) is 0 Å². The molecule has 2 aromatic heterocycles. The number of benzene rings is 2. The average molecular weight is 397 g/mol. The molecule has 27 heavy (non-hydrogen) atoms. The van der Waals surface area contributed by atoms with Crippen LogP contribution in [0.1, 0.15) is 5.56 Å². The average Bonchev–Trinajstić information content (AvgIpc) is 3.12. The van der Waals surface area contributed by atoms with Crippen molar-refractivity contribution in [2.45, 2.75) is 10.8 Å². The predicted octanol–water partition coefficient (Wildman–Crippen LogP) is 5.70. The number of thiophene rings is 1. The van der Waals surface area contributed by atoms with Crippen molar-refractivity contribution in [3.05, 3.63) is 81.7 Å². The van der Waals surface area contributed by atoms with Crippen molar-refractivity contribution in [3.8, 4) is 11.1 Å². The lowest BCUT2D eigenvalue weighted by Gasteiger charge is -2.06. The molecule has 0 radical (unpaired) electrons. The highest BCUT2D eigenvalue weighted by Crippen LogP contribution is 2.38. The molecule has 0 spiro atoms. The summed E-state index contributed by atoms with van der Waals surface area (Å²) in [6.07, 6.45) is 1.53. The molecule has 2 heterocycles. The smallest absolute Gasteiger partial charge is 0.258 e. The van der Waals surface area contributed by atoms with Crippen LogP contribution in [0.4, 0.5) is 10.1 Å². The second-order valence-corrected chi connectivity index (χ2v) is 7.55. The van der Waals surface area contributed by atoms with Crippen LogP contribution in [-0.2, 0) is 5.75 Å². The summed E-state index contributed by atoms with van der Waals surface area (Å²) in [4.78, 5) is 20.0. The molecular weight excluding hydrogens is 385 g/mol. The van der Waals surface area contributed by atoms with Crippen LogP contribution in [0.2, 0.25) is 0 Å². The minimum Gasteiger partial charge on any atom is -0.258 e. The Morgan fingerprint density at radius 3 is 2.52 bits per heavy atom. The fourth-order valence-corrected chi connectivity index (χ4v) is 4.61. The van der Waals surface area contributed by atoms with Gasteiger partial charge in [-0.2, -0.15) is 0 Å². The van der Waals surface area contributed by atoms with E-state index in [2.05, 4.69) is 9.97 Å².